The summed E-state index contributed by atoms with van der Waals surface area (Å²) in [5, 5.41) is 0.744. The Hall–Kier alpha value is -2.56. The first-order valence-corrected chi connectivity index (χ1v) is 9.27. The molecule has 3 aromatic rings. The largest absolute Gasteiger partial charge is 0.383 e. The van der Waals surface area contributed by atoms with E-state index in [4.69, 9.17) is 16.3 Å². The molecule has 0 unspecified atom stereocenters. The normalized spacial score (nSPS) is 10.7. The molecule has 0 atom stereocenters. The van der Waals surface area contributed by atoms with Crippen molar-refractivity contribution in [1.29, 1.82) is 0 Å². The maximum absolute atomic E-state index is 12.9. The number of amides is 1. The van der Waals surface area contributed by atoms with Crippen molar-refractivity contribution in [1.82, 2.24) is 9.47 Å². The first kappa shape index (κ1) is 19.2. The van der Waals surface area contributed by atoms with Gasteiger partial charge in [-0.25, -0.2) is 0 Å². The van der Waals surface area contributed by atoms with E-state index in [1.54, 1.807) is 7.11 Å². The summed E-state index contributed by atoms with van der Waals surface area (Å²) in [6, 6.07) is 21.2. The van der Waals surface area contributed by atoms with E-state index >= 15 is 0 Å². The predicted molar refractivity (Wildman–Crippen MR) is 108 cm³/mol. The minimum Gasteiger partial charge on any atom is -0.383 e. The highest BCUT2D eigenvalue weighted by Crippen LogP contribution is 2.18. The van der Waals surface area contributed by atoms with Crippen LogP contribution in [-0.4, -0.2) is 35.6 Å². The van der Waals surface area contributed by atoms with Gasteiger partial charge in [-0.2, -0.15) is 0 Å². The number of halogens is 1. The zero-order valence-electron chi connectivity index (χ0n) is 15.3. The number of nitrogens with zero attached hydrogens (tertiary/aromatic N) is 2. The number of ether oxygens (including phenoxy) is 1. The van der Waals surface area contributed by atoms with E-state index < -0.39 is 0 Å². The SMILES string of the molecule is COCCN(Cc1cccn1Cc1ccccc1Cl)C(=O)c1ccccc1. The molecule has 1 heterocycles. The van der Waals surface area contributed by atoms with Crippen LogP contribution in [0.1, 0.15) is 21.6 Å². The molecule has 0 saturated heterocycles. The molecule has 1 amide bonds. The van der Waals surface area contributed by atoms with E-state index in [0.717, 1.165) is 16.3 Å². The highest BCUT2D eigenvalue weighted by atomic mass is 35.5. The number of carbonyl (C=O) groups is 1. The molecule has 4 nitrogen and oxygen atoms in total. The van der Waals surface area contributed by atoms with Crippen molar-refractivity contribution in [3.05, 3.63) is 94.8 Å². The standard InChI is InChI=1S/C22H23ClN2O2/c1-27-15-14-25(22(26)18-8-3-2-4-9-18)17-20-11-7-13-24(20)16-19-10-5-6-12-21(19)23/h2-13H,14-17H2,1H3. The number of aromatic nitrogens is 1. The van der Waals surface area contributed by atoms with Gasteiger partial charge in [-0.1, -0.05) is 48.0 Å². The number of benzene rings is 2. The molecule has 27 heavy (non-hydrogen) atoms. The van der Waals surface area contributed by atoms with E-state index in [1.807, 2.05) is 77.8 Å². The lowest BCUT2D eigenvalue weighted by Gasteiger charge is -2.23. The summed E-state index contributed by atoms with van der Waals surface area (Å²) in [5.74, 6) is -0.00172. The average molecular weight is 383 g/mol. The molecule has 140 valence electrons. The quantitative estimate of drug-likeness (QED) is 0.575. The molecule has 0 saturated carbocycles. The van der Waals surface area contributed by atoms with Crippen LogP contribution in [0.2, 0.25) is 5.02 Å². The number of methoxy groups -OCH3 is 1. The Morgan fingerprint density at radius 1 is 1.04 bits per heavy atom. The smallest absolute Gasteiger partial charge is 0.254 e. The lowest BCUT2D eigenvalue weighted by molar-refractivity contribution is 0.0676. The summed E-state index contributed by atoms with van der Waals surface area (Å²) in [5.41, 5.74) is 2.78. The topological polar surface area (TPSA) is 34.5 Å². The second-order valence-corrected chi connectivity index (χ2v) is 6.71. The second-order valence-electron chi connectivity index (χ2n) is 6.30. The van der Waals surface area contributed by atoms with Gasteiger partial charge in [-0.05, 0) is 35.9 Å². The van der Waals surface area contributed by atoms with Crippen LogP contribution >= 0.6 is 11.6 Å². The monoisotopic (exact) mass is 382 g/mol. The first-order valence-electron chi connectivity index (χ1n) is 8.89. The fourth-order valence-electron chi connectivity index (χ4n) is 2.97. The summed E-state index contributed by atoms with van der Waals surface area (Å²) in [4.78, 5) is 14.8. The summed E-state index contributed by atoms with van der Waals surface area (Å²) >= 11 is 6.30. The number of hydrogen-bond acceptors (Lipinski definition) is 2. The van der Waals surface area contributed by atoms with Gasteiger partial charge in [0, 0.05) is 42.7 Å². The molecule has 0 fully saturated rings. The Kier molecular flexibility index (Phi) is 6.69. The van der Waals surface area contributed by atoms with Crippen molar-refractivity contribution in [3.63, 3.8) is 0 Å². The molecule has 1 aromatic heterocycles. The maximum Gasteiger partial charge on any atom is 0.254 e. The minimum atomic E-state index is -0.00172. The fraction of sp³-hybridized carbons (Fsp3) is 0.227. The Labute approximate surface area is 164 Å². The molecule has 0 radical (unpaired) electrons. The van der Waals surface area contributed by atoms with Crippen LogP contribution in [-0.2, 0) is 17.8 Å². The van der Waals surface area contributed by atoms with Gasteiger partial charge in [0.1, 0.15) is 0 Å². The van der Waals surface area contributed by atoms with Gasteiger partial charge in [-0.3, -0.25) is 4.79 Å². The van der Waals surface area contributed by atoms with Crippen LogP contribution < -0.4 is 0 Å². The lowest BCUT2D eigenvalue weighted by Crippen LogP contribution is -2.34. The van der Waals surface area contributed by atoms with Crippen LogP contribution in [0, 0.1) is 0 Å². The van der Waals surface area contributed by atoms with E-state index in [0.29, 0.717) is 31.8 Å². The molecule has 0 aliphatic heterocycles. The van der Waals surface area contributed by atoms with Gasteiger partial charge < -0.3 is 14.2 Å². The van der Waals surface area contributed by atoms with Crippen molar-refractivity contribution in [3.8, 4) is 0 Å². The molecule has 0 aliphatic rings. The zero-order chi connectivity index (χ0) is 19.1. The van der Waals surface area contributed by atoms with E-state index in [2.05, 4.69) is 4.57 Å². The molecule has 0 bridgehead atoms. The summed E-state index contributed by atoms with van der Waals surface area (Å²) in [6.07, 6.45) is 2.01. The molecule has 0 N–H and O–H groups in total. The Morgan fingerprint density at radius 3 is 2.52 bits per heavy atom. The van der Waals surface area contributed by atoms with E-state index in [-0.39, 0.29) is 5.91 Å². The molecule has 3 rings (SSSR count). The van der Waals surface area contributed by atoms with Crippen molar-refractivity contribution in [2.75, 3.05) is 20.3 Å². The van der Waals surface area contributed by atoms with E-state index in [9.17, 15) is 4.79 Å². The molecule has 0 aliphatic carbocycles. The molecular weight excluding hydrogens is 360 g/mol. The predicted octanol–water partition coefficient (Wildman–Crippen LogP) is 4.48. The van der Waals surface area contributed by atoms with Crippen LogP contribution in [0.5, 0.6) is 0 Å². The first-order chi connectivity index (χ1) is 13.2. The van der Waals surface area contributed by atoms with Gasteiger partial charge in [0.25, 0.3) is 5.91 Å². The Bertz CT molecular complexity index is 877. The maximum atomic E-state index is 12.9. The zero-order valence-corrected chi connectivity index (χ0v) is 16.1. The summed E-state index contributed by atoms with van der Waals surface area (Å²) < 4.78 is 7.33. The third-order valence-electron chi connectivity index (χ3n) is 4.45. The van der Waals surface area contributed by atoms with Gasteiger partial charge in [0.2, 0.25) is 0 Å². The van der Waals surface area contributed by atoms with Crippen molar-refractivity contribution >= 4 is 17.5 Å². The Morgan fingerprint density at radius 2 is 1.78 bits per heavy atom. The number of rotatable bonds is 8. The molecule has 0 spiro atoms. The summed E-state index contributed by atoms with van der Waals surface area (Å²) in [6.45, 7) is 2.19. The van der Waals surface area contributed by atoms with Crippen molar-refractivity contribution in [2.45, 2.75) is 13.1 Å². The van der Waals surface area contributed by atoms with Crippen LogP contribution in [0.15, 0.2) is 72.9 Å². The van der Waals surface area contributed by atoms with Gasteiger partial charge >= 0.3 is 0 Å². The third kappa shape index (κ3) is 5.00. The van der Waals surface area contributed by atoms with Crippen LogP contribution in [0.25, 0.3) is 0 Å². The molecular formula is C22H23ClN2O2. The second kappa shape index (κ2) is 9.40. The highest BCUT2D eigenvalue weighted by Gasteiger charge is 2.17. The fourth-order valence-corrected chi connectivity index (χ4v) is 3.17. The highest BCUT2D eigenvalue weighted by molar-refractivity contribution is 6.31. The molecule has 2 aromatic carbocycles. The third-order valence-corrected chi connectivity index (χ3v) is 4.82. The number of carbonyl (C=O) groups excluding carboxylic acids is 1. The minimum absolute atomic E-state index is 0.00172. The molecule has 5 heteroatoms. The van der Waals surface area contributed by atoms with Gasteiger partial charge in [0.05, 0.1) is 13.2 Å². The Balaban J connectivity index is 1.79. The van der Waals surface area contributed by atoms with Gasteiger partial charge in [-0.15, -0.1) is 0 Å². The van der Waals surface area contributed by atoms with E-state index in [1.165, 1.54) is 0 Å². The van der Waals surface area contributed by atoms with Crippen LogP contribution in [0.4, 0.5) is 0 Å². The van der Waals surface area contributed by atoms with Crippen LogP contribution in [0.3, 0.4) is 0 Å². The average Bonchev–Trinajstić information content (AvgIpc) is 3.13. The van der Waals surface area contributed by atoms with Crippen molar-refractivity contribution < 1.29 is 9.53 Å². The van der Waals surface area contributed by atoms with Gasteiger partial charge in [0.15, 0.2) is 0 Å². The van der Waals surface area contributed by atoms with Crippen molar-refractivity contribution in [2.24, 2.45) is 0 Å². The summed E-state index contributed by atoms with van der Waals surface area (Å²) in [7, 11) is 1.64. The number of hydrogen-bond donors (Lipinski definition) is 0. The lowest BCUT2D eigenvalue weighted by atomic mass is 10.2.